The number of halogens is 3. The van der Waals surface area contributed by atoms with Gasteiger partial charge >= 0.3 is 12.2 Å². The summed E-state index contributed by atoms with van der Waals surface area (Å²) in [7, 11) is 0. The predicted molar refractivity (Wildman–Crippen MR) is 136 cm³/mol. The molecule has 0 spiro atoms. The van der Waals surface area contributed by atoms with Gasteiger partial charge in [-0.15, -0.1) is 0 Å². The Bertz CT molecular complexity index is 1010. The van der Waals surface area contributed by atoms with Crippen LogP contribution in [0.5, 0.6) is 0 Å². The molecule has 194 valence electrons. The van der Waals surface area contributed by atoms with Crippen molar-refractivity contribution in [3.8, 4) is 0 Å². The van der Waals surface area contributed by atoms with Crippen LogP contribution in [0.3, 0.4) is 0 Å². The second-order valence-corrected chi connectivity index (χ2v) is 12.6. The Morgan fingerprint density at radius 1 is 1.06 bits per heavy atom. The smallest absolute Gasteiger partial charge is 0.416 e. The van der Waals surface area contributed by atoms with Crippen LogP contribution in [0.4, 0.5) is 23.5 Å². The highest BCUT2D eigenvalue weighted by Gasteiger charge is 2.30. The first-order valence-electron chi connectivity index (χ1n) is 11.0. The molecule has 1 N–H and O–H groups in total. The maximum absolute atomic E-state index is 13.6. The van der Waals surface area contributed by atoms with E-state index in [1.54, 1.807) is 59.9 Å². The molecule has 0 bridgehead atoms. The van der Waals surface area contributed by atoms with Crippen LogP contribution in [-0.2, 0) is 21.8 Å². The Morgan fingerprint density at radius 2 is 1.63 bits per heavy atom. The molecule has 0 saturated heterocycles. The van der Waals surface area contributed by atoms with Gasteiger partial charge in [-0.1, -0.05) is 35.6 Å². The van der Waals surface area contributed by atoms with Crippen molar-refractivity contribution in [2.75, 3.05) is 11.4 Å². The van der Waals surface area contributed by atoms with Gasteiger partial charge in [0.25, 0.3) is 5.92 Å². The molecule has 0 radical (unpaired) electrons. The summed E-state index contributed by atoms with van der Waals surface area (Å²) in [6.07, 6.45) is 0.526. The minimum atomic E-state index is -2.96. The molecule has 1 aromatic carbocycles. The van der Waals surface area contributed by atoms with Gasteiger partial charge in [0.1, 0.15) is 11.2 Å². The minimum Gasteiger partial charge on any atom is -0.444 e. The molecule has 0 saturated carbocycles. The highest BCUT2D eigenvalue weighted by atomic mass is 79.9. The van der Waals surface area contributed by atoms with E-state index in [4.69, 9.17) is 9.47 Å². The fourth-order valence-corrected chi connectivity index (χ4v) is 4.17. The molecule has 2 amide bonds. The molecule has 0 aliphatic rings. The van der Waals surface area contributed by atoms with Crippen LogP contribution in [0.1, 0.15) is 59.6 Å². The predicted octanol–water partition coefficient (Wildman–Crippen LogP) is 6.89. The first kappa shape index (κ1) is 29.0. The van der Waals surface area contributed by atoms with Gasteiger partial charge in [-0.2, -0.15) is 0 Å². The summed E-state index contributed by atoms with van der Waals surface area (Å²) in [5.41, 5.74) is -0.892. The summed E-state index contributed by atoms with van der Waals surface area (Å²) < 4.78 is 38.9. The normalized spacial score (nSPS) is 13.2. The van der Waals surface area contributed by atoms with Crippen LogP contribution in [0.15, 0.2) is 34.2 Å². The molecule has 0 aliphatic carbocycles. The van der Waals surface area contributed by atoms with Crippen molar-refractivity contribution in [3.63, 3.8) is 0 Å². The average Bonchev–Trinajstić information content (AvgIpc) is 3.08. The highest BCUT2D eigenvalue weighted by molar-refractivity contribution is 9.11. The molecule has 1 heterocycles. The molecule has 0 unspecified atom stereocenters. The van der Waals surface area contributed by atoms with E-state index in [1.807, 2.05) is 0 Å². The first-order chi connectivity index (χ1) is 15.9. The number of carbonyl (C=O) groups excluding carboxylic acids is 2. The number of benzene rings is 1. The Kier molecular flexibility index (Phi) is 9.27. The first-order valence-corrected chi connectivity index (χ1v) is 12.6. The number of nitrogens with zero attached hydrogens (tertiary/aromatic N) is 2. The molecule has 0 fully saturated rings. The molecule has 1 aromatic heterocycles. The lowest BCUT2D eigenvalue weighted by Crippen LogP contribution is -2.49. The lowest BCUT2D eigenvalue weighted by molar-refractivity contribution is 0.0174. The Balaban J connectivity index is 2.34. The van der Waals surface area contributed by atoms with Crippen molar-refractivity contribution < 1.29 is 27.8 Å². The molecule has 0 aliphatic heterocycles. The van der Waals surface area contributed by atoms with Crippen LogP contribution in [0.2, 0.25) is 0 Å². The van der Waals surface area contributed by atoms with E-state index in [9.17, 15) is 18.4 Å². The standard InChI is InChI=1S/C24H32BrF2N3O4S/c1-22(2,3)33-20(31)29-17(12-15-8-10-16(11-9-15)24(7,26)27)14-30(19-28-13-18(25)35-19)21(32)34-23(4,5)6/h8-11,13,17H,12,14H2,1-7H3,(H,29,31)/t17-/m0/s1. The summed E-state index contributed by atoms with van der Waals surface area (Å²) in [4.78, 5) is 31.3. The summed E-state index contributed by atoms with van der Waals surface area (Å²) in [6, 6.07) is 5.23. The molecular formula is C24H32BrF2N3O4S. The Hall–Kier alpha value is -2.27. The minimum absolute atomic E-state index is 0.0137. The molecule has 7 nitrogen and oxygen atoms in total. The molecule has 2 aromatic rings. The number of carbonyl (C=O) groups is 2. The van der Waals surface area contributed by atoms with Gasteiger partial charge in [-0.05, 0) is 69.5 Å². The van der Waals surface area contributed by atoms with Gasteiger partial charge in [0.2, 0.25) is 0 Å². The fourth-order valence-electron chi connectivity index (χ4n) is 2.99. The van der Waals surface area contributed by atoms with Crippen molar-refractivity contribution in [1.82, 2.24) is 10.3 Å². The number of thiazole rings is 1. The number of aromatic nitrogens is 1. The molecular weight excluding hydrogens is 544 g/mol. The van der Waals surface area contributed by atoms with Gasteiger partial charge in [0.15, 0.2) is 5.13 Å². The van der Waals surface area contributed by atoms with Crippen LogP contribution < -0.4 is 10.2 Å². The second-order valence-electron chi connectivity index (χ2n) is 10.2. The average molecular weight is 577 g/mol. The molecule has 2 rings (SSSR count). The van der Waals surface area contributed by atoms with Gasteiger partial charge in [-0.25, -0.2) is 23.4 Å². The van der Waals surface area contributed by atoms with Crippen LogP contribution >= 0.6 is 27.3 Å². The van der Waals surface area contributed by atoms with Crippen molar-refractivity contribution in [2.45, 2.75) is 78.1 Å². The Labute approximate surface area is 217 Å². The summed E-state index contributed by atoms with van der Waals surface area (Å²) >= 11 is 4.59. The summed E-state index contributed by atoms with van der Waals surface area (Å²) in [6.45, 7) is 11.3. The quantitative estimate of drug-likeness (QED) is 0.388. The second kappa shape index (κ2) is 11.2. The van der Waals surface area contributed by atoms with Crippen LogP contribution in [-0.4, -0.2) is 41.0 Å². The van der Waals surface area contributed by atoms with Crippen LogP contribution in [0.25, 0.3) is 0 Å². The van der Waals surface area contributed by atoms with Crippen molar-refractivity contribution in [1.29, 1.82) is 0 Å². The number of rotatable bonds is 7. The van der Waals surface area contributed by atoms with Gasteiger partial charge in [-0.3, -0.25) is 4.90 Å². The Morgan fingerprint density at radius 3 is 2.09 bits per heavy atom. The topological polar surface area (TPSA) is 80.8 Å². The lowest BCUT2D eigenvalue weighted by atomic mass is 10.0. The third-order valence-electron chi connectivity index (χ3n) is 4.38. The molecule has 11 heteroatoms. The molecule has 1 atom stereocenters. The van der Waals surface area contributed by atoms with Crippen molar-refractivity contribution in [2.24, 2.45) is 0 Å². The van der Waals surface area contributed by atoms with E-state index in [-0.39, 0.29) is 18.5 Å². The van der Waals surface area contributed by atoms with E-state index in [0.717, 1.165) is 6.92 Å². The number of ether oxygens (including phenoxy) is 2. The van der Waals surface area contributed by atoms with Gasteiger partial charge < -0.3 is 14.8 Å². The van der Waals surface area contributed by atoms with Gasteiger partial charge in [0, 0.05) is 12.5 Å². The summed E-state index contributed by atoms with van der Waals surface area (Å²) in [5, 5.41) is 3.18. The lowest BCUT2D eigenvalue weighted by Gasteiger charge is -2.30. The fraction of sp³-hybridized carbons (Fsp3) is 0.542. The number of hydrogen-bond acceptors (Lipinski definition) is 6. The summed E-state index contributed by atoms with van der Waals surface area (Å²) in [5.74, 6) is -2.96. The number of hydrogen-bond donors (Lipinski definition) is 1. The maximum Gasteiger partial charge on any atom is 0.416 e. The van der Waals surface area contributed by atoms with E-state index in [2.05, 4.69) is 26.2 Å². The number of amides is 2. The third kappa shape index (κ3) is 10.1. The number of anilines is 1. The number of alkyl halides is 2. The monoisotopic (exact) mass is 575 g/mol. The van der Waals surface area contributed by atoms with E-state index in [1.165, 1.54) is 28.4 Å². The zero-order valence-electron chi connectivity index (χ0n) is 20.9. The van der Waals surface area contributed by atoms with Crippen LogP contribution in [0, 0.1) is 0 Å². The molecule has 35 heavy (non-hydrogen) atoms. The van der Waals surface area contributed by atoms with E-state index in [0.29, 0.717) is 14.5 Å². The number of nitrogens with one attached hydrogen (secondary N) is 1. The maximum atomic E-state index is 13.6. The highest BCUT2D eigenvalue weighted by Crippen LogP contribution is 2.29. The van der Waals surface area contributed by atoms with Gasteiger partial charge in [0.05, 0.1) is 22.6 Å². The zero-order valence-corrected chi connectivity index (χ0v) is 23.4. The van der Waals surface area contributed by atoms with Crippen molar-refractivity contribution >= 4 is 44.6 Å². The number of alkyl carbamates (subject to hydrolysis) is 1. The SMILES string of the molecule is CC(C)(C)OC(=O)N[C@@H](Cc1ccc(C(C)(F)F)cc1)CN(C(=O)OC(C)(C)C)c1ncc(Br)s1. The van der Waals surface area contributed by atoms with Crippen molar-refractivity contribution in [3.05, 3.63) is 45.4 Å². The third-order valence-corrected chi connectivity index (χ3v) is 5.88. The zero-order chi connectivity index (χ0) is 26.6. The van der Waals surface area contributed by atoms with E-state index < -0.39 is 35.4 Å². The largest absolute Gasteiger partial charge is 0.444 e. The van der Waals surface area contributed by atoms with E-state index >= 15 is 0 Å².